The summed E-state index contributed by atoms with van der Waals surface area (Å²) in [5.41, 5.74) is 4.44. The highest BCUT2D eigenvalue weighted by molar-refractivity contribution is 7.13. The number of rotatable bonds is 6. The van der Waals surface area contributed by atoms with Gasteiger partial charge in [-0.05, 0) is 23.3 Å². The molecule has 0 bridgehead atoms. The van der Waals surface area contributed by atoms with Crippen LogP contribution in [-0.4, -0.2) is 21.6 Å². The summed E-state index contributed by atoms with van der Waals surface area (Å²) in [6.07, 6.45) is 3.00. The topological polar surface area (TPSA) is 59.9 Å². The van der Waals surface area contributed by atoms with Gasteiger partial charge in [-0.3, -0.25) is 9.36 Å². The Morgan fingerprint density at radius 2 is 1.71 bits per heavy atom. The van der Waals surface area contributed by atoms with Gasteiger partial charge in [-0.25, -0.2) is 4.98 Å². The van der Waals surface area contributed by atoms with Crippen molar-refractivity contribution in [1.29, 1.82) is 0 Å². The van der Waals surface area contributed by atoms with Gasteiger partial charge >= 0.3 is 0 Å². The number of thiophene rings is 1. The van der Waals surface area contributed by atoms with Gasteiger partial charge in [0.25, 0.3) is 5.56 Å². The van der Waals surface area contributed by atoms with Crippen molar-refractivity contribution in [2.24, 2.45) is 0 Å². The Kier molecular flexibility index (Phi) is 5.14. The highest BCUT2D eigenvalue weighted by Gasteiger charge is 2.21. The molecular formula is C25H21N3O2S. The van der Waals surface area contributed by atoms with Gasteiger partial charge in [-0.2, -0.15) is 0 Å². The minimum absolute atomic E-state index is 0.0807. The van der Waals surface area contributed by atoms with Crippen molar-refractivity contribution in [2.45, 2.75) is 12.8 Å². The van der Waals surface area contributed by atoms with E-state index in [0.29, 0.717) is 24.4 Å². The first-order valence-electron chi connectivity index (χ1n) is 10.1. The number of benzene rings is 2. The summed E-state index contributed by atoms with van der Waals surface area (Å²) < 4.78 is 6.96. The molecule has 0 aliphatic carbocycles. The van der Waals surface area contributed by atoms with Gasteiger partial charge in [-0.1, -0.05) is 60.7 Å². The Bertz CT molecular complexity index is 1340. The van der Waals surface area contributed by atoms with Crippen LogP contribution in [0.25, 0.3) is 17.1 Å². The Hall–Kier alpha value is -3.64. The molecule has 2 aromatic carbocycles. The van der Waals surface area contributed by atoms with E-state index in [1.54, 1.807) is 11.7 Å². The van der Waals surface area contributed by atoms with E-state index in [1.807, 2.05) is 66.9 Å². The van der Waals surface area contributed by atoms with E-state index in [0.717, 1.165) is 32.5 Å². The molecule has 3 heterocycles. The van der Waals surface area contributed by atoms with Crippen molar-refractivity contribution >= 4 is 11.3 Å². The minimum Gasteiger partial charge on any atom is -0.487 e. The second-order valence-electron chi connectivity index (χ2n) is 7.33. The van der Waals surface area contributed by atoms with E-state index >= 15 is 0 Å². The number of fused-ring (bicyclic) bond motifs is 1. The maximum Gasteiger partial charge on any atom is 0.278 e. The highest BCUT2D eigenvalue weighted by atomic mass is 32.1. The van der Waals surface area contributed by atoms with Crippen LogP contribution in [-0.2, 0) is 12.8 Å². The lowest BCUT2D eigenvalue weighted by Gasteiger charge is -2.13. The summed E-state index contributed by atoms with van der Waals surface area (Å²) >= 11 is 1.53. The lowest BCUT2D eigenvalue weighted by Crippen LogP contribution is -2.17. The van der Waals surface area contributed by atoms with E-state index in [2.05, 4.69) is 17.1 Å². The third kappa shape index (κ3) is 3.90. The molecule has 1 aromatic heterocycles. The first-order valence-corrected chi connectivity index (χ1v) is 10.9. The molecule has 0 amide bonds. The van der Waals surface area contributed by atoms with Gasteiger partial charge in [0.15, 0.2) is 10.9 Å². The molecule has 2 aliphatic heterocycles. The smallest absolute Gasteiger partial charge is 0.278 e. The summed E-state index contributed by atoms with van der Waals surface area (Å²) in [4.78, 5) is 22.6. The highest BCUT2D eigenvalue weighted by Crippen LogP contribution is 2.27. The quantitative estimate of drug-likeness (QED) is 0.419. The average molecular weight is 428 g/mol. The van der Waals surface area contributed by atoms with Crippen molar-refractivity contribution in [2.75, 3.05) is 7.11 Å². The molecule has 0 saturated carbocycles. The molecule has 5 nitrogen and oxygen atoms in total. The second kappa shape index (κ2) is 8.24. The standard InChI is InChI=1S/C25H21N3O2S/c1-30-23-13-12-19(31-23)15-21-25(29)28-16-22(18-10-6-3-7-11-18)26-20(24(28)27-21)14-17-8-4-2-5-9-17/h2-13,16,26H,14-15H2,1H3. The Labute approximate surface area is 184 Å². The Morgan fingerprint density at radius 1 is 0.968 bits per heavy atom. The molecule has 6 heteroatoms. The monoisotopic (exact) mass is 427 g/mol. The van der Waals surface area contributed by atoms with Gasteiger partial charge in [0, 0.05) is 23.9 Å². The largest absolute Gasteiger partial charge is 0.487 e. The fraction of sp³-hybridized carbons (Fsp3) is 0.120. The van der Waals surface area contributed by atoms with Gasteiger partial charge in [-0.15, -0.1) is 11.3 Å². The molecule has 0 radical (unpaired) electrons. The van der Waals surface area contributed by atoms with Gasteiger partial charge in [0.1, 0.15) is 5.69 Å². The van der Waals surface area contributed by atoms with Crippen molar-refractivity contribution in [3.05, 3.63) is 111 Å². The van der Waals surface area contributed by atoms with Crippen molar-refractivity contribution in [3.63, 3.8) is 0 Å². The molecule has 5 rings (SSSR count). The molecule has 0 fully saturated rings. The number of nitrogens with one attached hydrogen (secondary N) is 1. The van der Waals surface area contributed by atoms with Crippen LogP contribution in [0, 0.1) is 0 Å². The van der Waals surface area contributed by atoms with Crippen LogP contribution >= 0.6 is 11.3 Å². The number of H-pyrrole nitrogens is 1. The number of nitrogens with zero attached hydrogens (tertiary/aromatic N) is 2. The van der Waals surface area contributed by atoms with Gasteiger partial charge < -0.3 is 9.72 Å². The molecule has 3 aromatic rings. The predicted molar refractivity (Wildman–Crippen MR) is 124 cm³/mol. The fourth-order valence-electron chi connectivity index (χ4n) is 3.71. The number of aromatic amines is 1. The van der Waals surface area contributed by atoms with Crippen LogP contribution < -0.4 is 10.3 Å². The molecule has 0 saturated heterocycles. The van der Waals surface area contributed by atoms with Crippen molar-refractivity contribution in [3.8, 4) is 22.1 Å². The number of aromatic nitrogens is 3. The number of ether oxygens (including phenoxy) is 1. The summed E-state index contributed by atoms with van der Waals surface area (Å²) in [6, 6.07) is 24.1. The lowest BCUT2D eigenvalue weighted by molar-refractivity contribution is 0.427. The third-order valence-electron chi connectivity index (χ3n) is 5.24. The first kappa shape index (κ1) is 19.3. The predicted octanol–water partition coefficient (Wildman–Crippen LogP) is 4.92. The molecule has 154 valence electrons. The van der Waals surface area contributed by atoms with E-state index in [4.69, 9.17) is 9.72 Å². The van der Waals surface area contributed by atoms with E-state index in [1.165, 1.54) is 11.3 Å². The van der Waals surface area contributed by atoms with Crippen LogP contribution in [0.1, 0.15) is 21.8 Å². The molecule has 0 unspecified atom stereocenters. The molecule has 1 N–H and O–H groups in total. The van der Waals surface area contributed by atoms with E-state index in [-0.39, 0.29) is 5.56 Å². The zero-order chi connectivity index (χ0) is 21.2. The van der Waals surface area contributed by atoms with Crippen LogP contribution in [0.2, 0.25) is 0 Å². The van der Waals surface area contributed by atoms with E-state index < -0.39 is 0 Å². The molecule has 0 spiro atoms. The third-order valence-corrected chi connectivity index (χ3v) is 6.28. The number of methoxy groups -OCH3 is 1. The van der Waals surface area contributed by atoms with Crippen LogP contribution in [0.15, 0.2) is 83.8 Å². The molecule has 0 atom stereocenters. The SMILES string of the molecule is COc1ccc(Cc2nc3c(Cc4ccccc4)[nH]c(-c4ccccc4)cn-3c2=O)s1. The minimum atomic E-state index is -0.0807. The van der Waals surface area contributed by atoms with Gasteiger partial charge in [0.2, 0.25) is 0 Å². The Balaban J connectivity index is 1.63. The number of hydrogen-bond acceptors (Lipinski definition) is 4. The second-order valence-corrected chi connectivity index (χ2v) is 8.46. The number of imidazole rings is 1. The molecule has 31 heavy (non-hydrogen) atoms. The lowest BCUT2D eigenvalue weighted by atomic mass is 10.1. The zero-order valence-corrected chi connectivity index (χ0v) is 17.9. The van der Waals surface area contributed by atoms with Crippen molar-refractivity contribution < 1.29 is 4.74 Å². The van der Waals surface area contributed by atoms with Gasteiger partial charge in [0.05, 0.1) is 18.5 Å². The summed E-state index contributed by atoms with van der Waals surface area (Å²) in [6.45, 7) is 0. The molecular weight excluding hydrogens is 406 g/mol. The average Bonchev–Trinajstić information content (AvgIpc) is 3.40. The molecule has 2 aliphatic rings. The fourth-order valence-corrected chi connectivity index (χ4v) is 4.53. The van der Waals surface area contributed by atoms with Crippen LogP contribution in [0.3, 0.4) is 0 Å². The van der Waals surface area contributed by atoms with Crippen LogP contribution in [0.4, 0.5) is 0 Å². The number of hydrogen-bond donors (Lipinski definition) is 1. The first-order chi connectivity index (χ1) is 15.2. The summed E-state index contributed by atoms with van der Waals surface area (Å²) in [5, 5.41) is 0.829. The maximum absolute atomic E-state index is 13.3. The maximum atomic E-state index is 13.3. The summed E-state index contributed by atoms with van der Waals surface area (Å²) in [7, 11) is 1.65. The van der Waals surface area contributed by atoms with Crippen molar-refractivity contribution in [1.82, 2.24) is 14.5 Å². The Morgan fingerprint density at radius 3 is 2.42 bits per heavy atom. The normalized spacial score (nSPS) is 11.1. The van der Waals surface area contributed by atoms with Crippen LogP contribution in [0.5, 0.6) is 5.06 Å². The summed E-state index contributed by atoms with van der Waals surface area (Å²) in [5.74, 6) is 0.673. The van der Waals surface area contributed by atoms with E-state index in [9.17, 15) is 4.79 Å². The zero-order valence-electron chi connectivity index (χ0n) is 17.0.